The van der Waals surface area contributed by atoms with E-state index < -0.39 is 5.91 Å². The fraction of sp³-hybridized carbons (Fsp3) is 0.217. The molecule has 0 radical (unpaired) electrons. The van der Waals surface area contributed by atoms with E-state index in [-0.39, 0.29) is 28.9 Å². The van der Waals surface area contributed by atoms with Gasteiger partial charge in [-0.3, -0.25) is 10.2 Å². The average Bonchev–Trinajstić information content (AvgIpc) is 3.21. The number of carbonyl (C=O) groups is 1. The van der Waals surface area contributed by atoms with Crippen molar-refractivity contribution in [3.63, 3.8) is 0 Å². The zero-order chi connectivity index (χ0) is 23.5. The summed E-state index contributed by atoms with van der Waals surface area (Å²) in [5.41, 5.74) is 1.42. The number of amides is 1. The first-order valence-electron chi connectivity index (χ1n) is 10.2. The lowest BCUT2D eigenvalue weighted by Crippen LogP contribution is -2.35. The average molecular weight is 487 g/mol. The summed E-state index contributed by atoms with van der Waals surface area (Å²) < 4.78 is 24.7. The zero-order valence-corrected chi connectivity index (χ0v) is 19.5. The fourth-order valence-electron chi connectivity index (χ4n) is 3.15. The van der Waals surface area contributed by atoms with Gasteiger partial charge in [0, 0.05) is 0 Å². The van der Waals surface area contributed by atoms with Gasteiger partial charge < -0.3 is 9.47 Å². The van der Waals surface area contributed by atoms with Crippen molar-refractivity contribution < 1.29 is 18.7 Å². The maximum absolute atomic E-state index is 13.1. The molecule has 0 bridgehead atoms. The molecule has 0 spiro atoms. The van der Waals surface area contributed by atoms with Crippen molar-refractivity contribution in [1.29, 1.82) is 5.41 Å². The van der Waals surface area contributed by atoms with Gasteiger partial charge in [0.05, 0.1) is 17.2 Å². The van der Waals surface area contributed by atoms with Gasteiger partial charge in [-0.2, -0.15) is 15.1 Å². The number of hydrogen-bond acceptors (Lipinski definition) is 6. The van der Waals surface area contributed by atoms with Crippen molar-refractivity contribution in [3.8, 4) is 11.5 Å². The molecule has 0 atom stereocenters. The lowest BCUT2D eigenvalue weighted by atomic mass is 10.1. The van der Waals surface area contributed by atoms with Gasteiger partial charge in [0.2, 0.25) is 5.17 Å². The fourth-order valence-corrected chi connectivity index (χ4v) is 4.25. The molecule has 2 heterocycles. The minimum absolute atomic E-state index is 0.0494. The van der Waals surface area contributed by atoms with E-state index in [1.807, 2.05) is 13.8 Å². The van der Waals surface area contributed by atoms with E-state index >= 15 is 0 Å². The van der Waals surface area contributed by atoms with Crippen LogP contribution in [0.4, 0.5) is 4.39 Å². The zero-order valence-electron chi connectivity index (χ0n) is 17.9. The van der Waals surface area contributed by atoms with Gasteiger partial charge in [-0.25, -0.2) is 4.39 Å². The molecule has 0 aliphatic carbocycles. The van der Waals surface area contributed by atoms with Crippen molar-refractivity contribution in [1.82, 2.24) is 5.01 Å². The summed E-state index contributed by atoms with van der Waals surface area (Å²) in [4.78, 5) is 16.7. The first kappa shape index (κ1) is 23.0. The SMILES string of the molecule is CCOc1cc(/C=C2\C(=N)N3N=C(CC)SC3=NC2=O)cc(Cl)c1OCc1ccc(F)cc1. The second-order valence-corrected chi connectivity index (χ2v) is 8.49. The Balaban J connectivity index is 1.62. The van der Waals surface area contributed by atoms with Gasteiger partial charge >= 0.3 is 0 Å². The number of nitrogens with zero attached hydrogens (tertiary/aromatic N) is 3. The number of ether oxygens (including phenoxy) is 2. The number of fused-ring (bicyclic) bond motifs is 1. The van der Waals surface area contributed by atoms with Crippen LogP contribution in [0, 0.1) is 11.2 Å². The van der Waals surface area contributed by atoms with Crippen LogP contribution in [0.5, 0.6) is 11.5 Å². The van der Waals surface area contributed by atoms with E-state index in [9.17, 15) is 9.18 Å². The summed E-state index contributed by atoms with van der Waals surface area (Å²) in [7, 11) is 0. The van der Waals surface area contributed by atoms with Crippen molar-refractivity contribution in [2.24, 2.45) is 10.1 Å². The summed E-state index contributed by atoms with van der Waals surface area (Å²) in [5.74, 6) is -0.166. The number of hydrogen-bond donors (Lipinski definition) is 1. The summed E-state index contributed by atoms with van der Waals surface area (Å²) in [6, 6.07) is 9.27. The van der Waals surface area contributed by atoms with Crippen LogP contribution in [0.3, 0.4) is 0 Å². The minimum atomic E-state index is -0.517. The first-order chi connectivity index (χ1) is 15.9. The third kappa shape index (κ3) is 4.94. The smallest absolute Gasteiger partial charge is 0.283 e. The van der Waals surface area contributed by atoms with Crippen molar-refractivity contribution in [2.75, 3.05) is 6.61 Å². The monoisotopic (exact) mass is 486 g/mol. The van der Waals surface area contributed by atoms with Crippen LogP contribution < -0.4 is 9.47 Å². The molecule has 2 aromatic rings. The molecule has 2 aliphatic rings. The molecule has 33 heavy (non-hydrogen) atoms. The van der Waals surface area contributed by atoms with Crippen LogP contribution in [0.2, 0.25) is 5.02 Å². The highest BCUT2D eigenvalue weighted by Gasteiger charge is 2.35. The minimum Gasteiger partial charge on any atom is -0.490 e. The maximum Gasteiger partial charge on any atom is 0.283 e. The highest BCUT2D eigenvalue weighted by molar-refractivity contribution is 8.26. The van der Waals surface area contributed by atoms with Gasteiger partial charge in [-0.1, -0.05) is 30.7 Å². The second kappa shape index (κ2) is 9.76. The molecule has 7 nitrogen and oxygen atoms in total. The van der Waals surface area contributed by atoms with Crippen molar-refractivity contribution in [3.05, 3.63) is 63.9 Å². The van der Waals surface area contributed by atoms with Gasteiger partial charge in [-0.15, -0.1) is 0 Å². The van der Waals surface area contributed by atoms with Crippen LogP contribution >= 0.6 is 23.4 Å². The van der Waals surface area contributed by atoms with E-state index in [1.54, 1.807) is 24.3 Å². The summed E-state index contributed by atoms with van der Waals surface area (Å²) in [6.07, 6.45) is 2.22. The number of hydrazone groups is 1. The van der Waals surface area contributed by atoms with Crippen LogP contribution in [-0.2, 0) is 11.4 Å². The first-order valence-corrected chi connectivity index (χ1v) is 11.4. The Morgan fingerprint density at radius 3 is 2.67 bits per heavy atom. The number of carbonyl (C=O) groups excluding carboxylic acids is 1. The molecule has 4 rings (SSSR count). The molecule has 0 saturated heterocycles. The Morgan fingerprint density at radius 2 is 1.97 bits per heavy atom. The Bertz CT molecular complexity index is 1210. The molecular weight excluding hydrogens is 467 g/mol. The molecule has 0 aromatic heterocycles. The number of rotatable bonds is 7. The second-order valence-electron chi connectivity index (χ2n) is 7.05. The quantitative estimate of drug-likeness (QED) is 0.523. The van der Waals surface area contributed by atoms with Gasteiger partial charge in [0.15, 0.2) is 17.3 Å². The predicted molar refractivity (Wildman–Crippen MR) is 129 cm³/mol. The topological polar surface area (TPSA) is 87.3 Å². The highest BCUT2D eigenvalue weighted by atomic mass is 35.5. The normalized spacial score (nSPS) is 16.6. The summed E-state index contributed by atoms with van der Waals surface area (Å²) >= 11 is 7.77. The van der Waals surface area contributed by atoms with Crippen LogP contribution in [0.1, 0.15) is 31.4 Å². The number of aliphatic imine (C=N–C) groups is 1. The van der Waals surface area contributed by atoms with Crippen molar-refractivity contribution >= 4 is 51.4 Å². The Morgan fingerprint density at radius 1 is 1.21 bits per heavy atom. The number of amidine groups is 2. The molecule has 1 N–H and O–H groups in total. The third-order valence-corrected chi connectivity index (χ3v) is 6.07. The van der Waals surface area contributed by atoms with Gasteiger partial charge in [0.25, 0.3) is 5.91 Å². The van der Waals surface area contributed by atoms with E-state index in [0.29, 0.717) is 35.3 Å². The maximum atomic E-state index is 13.1. The largest absolute Gasteiger partial charge is 0.490 e. The third-order valence-electron chi connectivity index (χ3n) is 4.74. The Kier molecular flexibility index (Phi) is 6.80. The van der Waals surface area contributed by atoms with Gasteiger partial charge in [0.1, 0.15) is 17.5 Å². The Labute approximate surface area is 199 Å². The van der Waals surface area contributed by atoms with E-state index in [4.69, 9.17) is 26.5 Å². The summed E-state index contributed by atoms with van der Waals surface area (Å²) in [5, 5.41) is 15.6. The Hall–Kier alpha value is -3.17. The molecule has 170 valence electrons. The number of halogens is 2. The van der Waals surface area contributed by atoms with Gasteiger partial charge in [-0.05, 0) is 66.6 Å². The van der Waals surface area contributed by atoms with E-state index in [0.717, 1.165) is 10.6 Å². The molecule has 0 unspecified atom stereocenters. The lowest BCUT2D eigenvalue weighted by Gasteiger charge is -2.20. The lowest BCUT2D eigenvalue weighted by molar-refractivity contribution is -0.114. The number of thioether (sulfide) groups is 1. The molecule has 2 aromatic carbocycles. The van der Waals surface area contributed by atoms with Crippen LogP contribution in [0.15, 0.2) is 52.1 Å². The molecule has 0 fully saturated rings. The number of nitrogens with one attached hydrogen (secondary N) is 1. The molecule has 2 aliphatic heterocycles. The highest BCUT2D eigenvalue weighted by Crippen LogP contribution is 2.38. The number of benzene rings is 2. The molecule has 1 amide bonds. The van der Waals surface area contributed by atoms with E-state index in [1.165, 1.54) is 35.0 Å². The predicted octanol–water partition coefficient (Wildman–Crippen LogP) is 5.49. The standard InChI is InChI=1S/C23H20ClFN4O3S/c1-3-19-28-29-21(26)16(22(30)27-23(29)33-19)9-14-10-17(24)20(18(11-14)31-4-2)32-12-13-5-7-15(25)8-6-13/h5-11,26H,3-4,12H2,1-2H3/b16-9+,26-21?. The van der Waals surface area contributed by atoms with E-state index in [2.05, 4.69) is 10.1 Å². The molecular formula is C23H20ClFN4O3S. The van der Waals surface area contributed by atoms with Crippen LogP contribution in [0.25, 0.3) is 6.08 Å². The van der Waals surface area contributed by atoms with Crippen LogP contribution in [-0.4, -0.2) is 33.6 Å². The van der Waals surface area contributed by atoms with Crippen molar-refractivity contribution in [2.45, 2.75) is 26.9 Å². The molecule has 10 heteroatoms. The molecule has 0 saturated carbocycles. The summed E-state index contributed by atoms with van der Waals surface area (Å²) in [6.45, 7) is 4.31.